The van der Waals surface area contributed by atoms with Crippen LogP contribution in [0.25, 0.3) is 10.9 Å². The molecule has 0 radical (unpaired) electrons. The number of carbonyl (C=O) groups excluding carboxylic acids is 2. The highest BCUT2D eigenvalue weighted by Crippen LogP contribution is 2.36. The van der Waals surface area contributed by atoms with Gasteiger partial charge in [0.05, 0.1) is 17.7 Å². The maximum Gasteiger partial charge on any atom is 0.355 e. The average molecular weight is 532 g/mol. The third kappa shape index (κ3) is 5.14. The van der Waals surface area contributed by atoms with Gasteiger partial charge in [-0.3, -0.25) is 9.88 Å². The summed E-state index contributed by atoms with van der Waals surface area (Å²) in [5, 5.41) is 4.62. The predicted octanol–water partition coefficient (Wildman–Crippen LogP) is 6.30. The molecule has 5 aromatic rings. The van der Waals surface area contributed by atoms with Gasteiger partial charge >= 0.3 is 12.0 Å². The summed E-state index contributed by atoms with van der Waals surface area (Å²) in [5.74, 6) is -0.519. The number of benzene rings is 4. The number of ether oxygens (including phenoxy) is 1. The zero-order valence-electron chi connectivity index (χ0n) is 22.8. The first-order valence-electron chi connectivity index (χ1n) is 13.5. The van der Waals surface area contributed by atoms with Crippen molar-refractivity contribution < 1.29 is 14.3 Å². The van der Waals surface area contributed by atoms with E-state index < -0.39 is 11.5 Å². The largest absolute Gasteiger partial charge is 0.461 e. The topological polar surface area (TPSA) is 63.6 Å². The number of likely N-dealkylation sites (N-methyl/N-ethyl adjacent to an activating group) is 1. The first-order valence-corrected chi connectivity index (χ1v) is 13.5. The van der Waals surface area contributed by atoms with Gasteiger partial charge in [-0.2, -0.15) is 0 Å². The van der Waals surface area contributed by atoms with Crippen LogP contribution in [0.1, 0.15) is 34.1 Å². The van der Waals surface area contributed by atoms with E-state index in [2.05, 4.69) is 41.7 Å². The van der Waals surface area contributed by atoms with Crippen molar-refractivity contribution in [3.05, 3.63) is 144 Å². The van der Waals surface area contributed by atoms with Crippen molar-refractivity contribution in [3.8, 4) is 0 Å². The quantitative estimate of drug-likeness (QED) is 0.179. The van der Waals surface area contributed by atoms with Crippen molar-refractivity contribution in [1.82, 2.24) is 14.8 Å². The Morgan fingerprint density at radius 1 is 0.775 bits per heavy atom. The molecule has 40 heavy (non-hydrogen) atoms. The molecule has 0 aliphatic heterocycles. The Labute approximate surface area is 234 Å². The van der Waals surface area contributed by atoms with Crippen LogP contribution in [0.5, 0.6) is 0 Å². The number of hydrogen-bond donors (Lipinski definition) is 1. The van der Waals surface area contributed by atoms with E-state index in [4.69, 9.17) is 4.74 Å². The second-order valence-electron chi connectivity index (χ2n) is 9.62. The molecule has 0 fully saturated rings. The van der Waals surface area contributed by atoms with E-state index in [1.807, 2.05) is 78.9 Å². The Balaban J connectivity index is 1.47. The average Bonchev–Trinajstić information content (AvgIpc) is 3.40. The number of rotatable bonds is 9. The lowest BCUT2D eigenvalue weighted by Crippen LogP contribution is -2.48. The van der Waals surface area contributed by atoms with Crippen molar-refractivity contribution in [2.75, 3.05) is 26.7 Å². The van der Waals surface area contributed by atoms with Crippen molar-refractivity contribution in [3.63, 3.8) is 0 Å². The monoisotopic (exact) mass is 531 g/mol. The summed E-state index contributed by atoms with van der Waals surface area (Å²) in [7, 11) is 1.75. The molecule has 1 N–H and O–H groups in total. The van der Waals surface area contributed by atoms with Gasteiger partial charge in [-0.1, -0.05) is 109 Å². The van der Waals surface area contributed by atoms with Crippen LogP contribution >= 0.6 is 0 Å². The molecule has 1 amide bonds. The van der Waals surface area contributed by atoms with E-state index in [1.54, 1.807) is 24.9 Å². The lowest BCUT2D eigenvalue weighted by atomic mass is 9.77. The Hall–Kier alpha value is -4.68. The summed E-state index contributed by atoms with van der Waals surface area (Å²) in [6, 6.07) is 39.9. The smallest absolute Gasteiger partial charge is 0.355 e. The Morgan fingerprint density at radius 3 is 1.80 bits per heavy atom. The van der Waals surface area contributed by atoms with Gasteiger partial charge in [-0.15, -0.1) is 0 Å². The summed E-state index contributed by atoms with van der Waals surface area (Å²) in [6.07, 6.45) is 0. The van der Waals surface area contributed by atoms with E-state index in [0.29, 0.717) is 18.6 Å². The van der Waals surface area contributed by atoms with Gasteiger partial charge in [0.1, 0.15) is 5.69 Å². The molecule has 6 nitrogen and oxygen atoms in total. The third-order valence-corrected chi connectivity index (χ3v) is 7.17. The molecule has 0 aliphatic rings. The fourth-order valence-corrected chi connectivity index (χ4v) is 5.26. The van der Waals surface area contributed by atoms with Gasteiger partial charge in [-0.25, -0.2) is 9.59 Å². The van der Waals surface area contributed by atoms with E-state index in [-0.39, 0.29) is 18.3 Å². The zero-order valence-corrected chi connectivity index (χ0v) is 22.8. The molecule has 0 bridgehead atoms. The first-order chi connectivity index (χ1) is 19.6. The second kappa shape index (κ2) is 12.0. The van der Waals surface area contributed by atoms with Gasteiger partial charge in [0.25, 0.3) is 0 Å². The molecule has 0 unspecified atom stereocenters. The highest BCUT2D eigenvalue weighted by Gasteiger charge is 2.36. The highest BCUT2D eigenvalue weighted by molar-refractivity contribution is 6.02. The zero-order chi connectivity index (χ0) is 28.0. The molecule has 5 rings (SSSR count). The number of hydrogen-bond acceptors (Lipinski definition) is 4. The standard InChI is InChI=1S/C34H33N3O3/c1-3-40-32(38)31-25-26-15-13-14-22-30(26)37(31)33(39)36(2)24-23-35-34(27-16-7-4-8-17-27,28-18-9-5-10-19-28)29-20-11-6-12-21-29/h4-22,25,35H,3,23-24H2,1-2H3. The molecule has 4 aromatic carbocycles. The molecule has 1 aromatic heterocycles. The number of nitrogens with zero attached hydrogens (tertiary/aromatic N) is 2. The Bertz CT molecular complexity index is 1480. The minimum atomic E-state index is -0.635. The van der Waals surface area contributed by atoms with Crippen molar-refractivity contribution in [1.29, 1.82) is 0 Å². The van der Waals surface area contributed by atoms with Crippen molar-refractivity contribution >= 4 is 22.9 Å². The Morgan fingerprint density at radius 2 is 1.27 bits per heavy atom. The van der Waals surface area contributed by atoms with Gasteiger partial charge in [-0.05, 0) is 35.7 Å². The molecule has 0 atom stereocenters. The number of para-hydroxylation sites is 1. The lowest BCUT2D eigenvalue weighted by Gasteiger charge is -2.37. The SMILES string of the molecule is CCOC(=O)c1cc2ccccc2n1C(=O)N(C)CCNC(c1ccccc1)(c1ccccc1)c1ccccc1. The number of nitrogens with one attached hydrogen (secondary N) is 1. The van der Waals surface area contributed by atoms with Crippen LogP contribution in [0.4, 0.5) is 4.79 Å². The minimum absolute atomic E-state index is 0.222. The van der Waals surface area contributed by atoms with Gasteiger partial charge in [0, 0.05) is 25.5 Å². The van der Waals surface area contributed by atoms with Crippen LogP contribution in [0.2, 0.25) is 0 Å². The number of amides is 1. The molecule has 1 heterocycles. The van der Waals surface area contributed by atoms with Crippen molar-refractivity contribution in [2.45, 2.75) is 12.5 Å². The maximum atomic E-state index is 13.8. The minimum Gasteiger partial charge on any atom is -0.461 e. The number of fused-ring (bicyclic) bond motifs is 1. The van der Waals surface area contributed by atoms with Crippen molar-refractivity contribution in [2.24, 2.45) is 0 Å². The number of carbonyl (C=O) groups is 2. The molecule has 0 saturated carbocycles. The van der Waals surface area contributed by atoms with E-state index in [1.165, 1.54) is 4.57 Å². The fourth-order valence-electron chi connectivity index (χ4n) is 5.26. The summed E-state index contributed by atoms with van der Waals surface area (Å²) >= 11 is 0. The molecular formula is C34H33N3O3. The normalized spacial score (nSPS) is 11.3. The van der Waals surface area contributed by atoms with Crippen LogP contribution in [0.15, 0.2) is 121 Å². The third-order valence-electron chi connectivity index (χ3n) is 7.17. The van der Waals surface area contributed by atoms with Crippen LogP contribution < -0.4 is 5.32 Å². The van der Waals surface area contributed by atoms with Gasteiger partial charge in [0.15, 0.2) is 0 Å². The molecule has 6 heteroatoms. The molecule has 0 aliphatic carbocycles. The molecular weight excluding hydrogens is 498 g/mol. The first kappa shape index (κ1) is 26.9. The number of aromatic nitrogens is 1. The summed E-state index contributed by atoms with van der Waals surface area (Å²) in [6.45, 7) is 2.88. The van der Waals surface area contributed by atoms with Gasteiger partial charge < -0.3 is 9.64 Å². The molecule has 0 spiro atoms. The van der Waals surface area contributed by atoms with Crippen LogP contribution in [-0.4, -0.2) is 48.2 Å². The summed E-state index contributed by atoms with van der Waals surface area (Å²) < 4.78 is 6.71. The molecule has 202 valence electrons. The van der Waals surface area contributed by atoms with Crippen LogP contribution in [0, 0.1) is 0 Å². The summed E-state index contributed by atoms with van der Waals surface area (Å²) in [4.78, 5) is 28.2. The Kier molecular flexibility index (Phi) is 8.08. The summed E-state index contributed by atoms with van der Waals surface area (Å²) in [5.41, 5.74) is 3.55. The van der Waals surface area contributed by atoms with E-state index in [0.717, 1.165) is 22.1 Å². The maximum absolute atomic E-state index is 13.8. The number of esters is 1. The predicted molar refractivity (Wildman–Crippen MR) is 159 cm³/mol. The van der Waals surface area contributed by atoms with Crippen LogP contribution in [-0.2, 0) is 10.3 Å². The lowest BCUT2D eigenvalue weighted by molar-refractivity contribution is 0.0515. The highest BCUT2D eigenvalue weighted by atomic mass is 16.5. The van der Waals surface area contributed by atoms with Crippen LogP contribution in [0.3, 0.4) is 0 Å². The van der Waals surface area contributed by atoms with E-state index in [9.17, 15) is 9.59 Å². The second-order valence-corrected chi connectivity index (χ2v) is 9.62. The fraction of sp³-hybridized carbons (Fsp3) is 0.176. The van der Waals surface area contributed by atoms with Gasteiger partial charge in [0.2, 0.25) is 0 Å². The molecule has 0 saturated heterocycles. The van der Waals surface area contributed by atoms with E-state index >= 15 is 0 Å².